The summed E-state index contributed by atoms with van der Waals surface area (Å²) >= 11 is 0. The number of unbranched alkanes of at least 4 members (excludes halogenated alkanes) is 1. The fourth-order valence-electron chi connectivity index (χ4n) is 3.23. The highest BCUT2D eigenvalue weighted by molar-refractivity contribution is 5.93. The molecule has 2 fully saturated rings. The van der Waals surface area contributed by atoms with E-state index in [0.29, 0.717) is 5.70 Å². The molecule has 2 aliphatic carbocycles. The molecule has 2 amide bonds. The number of carbonyl (C=O) groups excluding carboxylic acids is 2. The second kappa shape index (κ2) is 9.70. The van der Waals surface area contributed by atoms with Gasteiger partial charge in [-0.25, -0.2) is 4.98 Å². The van der Waals surface area contributed by atoms with E-state index in [9.17, 15) is 22.8 Å². The molecule has 1 heterocycles. The van der Waals surface area contributed by atoms with Crippen molar-refractivity contribution in [2.24, 2.45) is 11.8 Å². The Hall–Kier alpha value is -2.58. The molecule has 0 aliphatic heterocycles. The van der Waals surface area contributed by atoms with Crippen LogP contribution in [0.3, 0.4) is 0 Å². The second-order valence-corrected chi connectivity index (χ2v) is 8.22. The van der Waals surface area contributed by atoms with Crippen LogP contribution in [-0.2, 0) is 11.0 Å². The van der Waals surface area contributed by atoms with E-state index in [2.05, 4.69) is 15.6 Å². The van der Waals surface area contributed by atoms with Crippen LogP contribution in [0.5, 0.6) is 5.88 Å². The van der Waals surface area contributed by atoms with Crippen LogP contribution in [0.2, 0.25) is 0 Å². The quantitative estimate of drug-likeness (QED) is 0.572. The van der Waals surface area contributed by atoms with Crippen molar-refractivity contribution >= 4 is 11.8 Å². The van der Waals surface area contributed by atoms with Crippen LogP contribution in [0, 0.1) is 11.8 Å². The molecule has 0 radical (unpaired) electrons. The monoisotopic (exact) mass is 439 g/mol. The van der Waals surface area contributed by atoms with Crippen molar-refractivity contribution in [2.45, 2.75) is 64.6 Å². The molecule has 0 spiro atoms. The molecule has 2 N–H and O–H groups in total. The first-order chi connectivity index (χ1) is 14.7. The molecule has 9 heteroatoms. The number of rotatable bonds is 10. The Morgan fingerprint density at radius 2 is 1.97 bits per heavy atom. The van der Waals surface area contributed by atoms with Gasteiger partial charge in [-0.3, -0.25) is 9.59 Å². The molecule has 1 aromatic heterocycles. The summed E-state index contributed by atoms with van der Waals surface area (Å²) < 4.78 is 45.3. The van der Waals surface area contributed by atoms with Crippen molar-refractivity contribution in [1.29, 1.82) is 0 Å². The number of allylic oxidation sites excluding steroid dienone is 1. The molecule has 1 aromatic rings. The number of alkyl halides is 3. The van der Waals surface area contributed by atoms with Gasteiger partial charge in [0.2, 0.25) is 11.8 Å². The lowest BCUT2D eigenvalue weighted by atomic mass is 10.1. The zero-order valence-electron chi connectivity index (χ0n) is 17.7. The van der Waals surface area contributed by atoms with E-state index in [1.54, 1.807) is 0 Å². The summed E-state index contributed by atoms with van der Waals surface area (Å²) in [7, 11) is 0. The number of aromatic nitrogens is 1. The Bertz CT molecular complexity index is 846. The van der Waals surface area contributed by atoms with Gasteiger partial charge in [0.15, 0.2) is 0 Å². The topological polar surface area (TPSA) is 80.3 Å². The Morgan fingerprint density at radius 1 is 1.26 bits per heavy atom. The van der Waals surface area contributed by atoms with E-state index in [-0.39, 0.29) is 30.0 Å². The Labute approximate surface area is 179 Å². The summed E-state index contributed by atoms with van der Waals surface area (Å²) in [6.45, 7) is 3.55. The van der Waals surface area contributed by atoms with Gasteiger partial charge < -0.3 is 15.4 Å². The molecule has 2 saturated carbocycles. The number of carbonyl (C=O) groups is 2. The van der Waals surface area contributed by atoms with Crippen LogP contribution in [0.4, 0.5) is 13.2 Å². The van der Waals surface area contributed by atoms with Crippen LogP contribution < -0.4 is 15.4 Å². The summed E-state index contributed by atoms with van der Waals surface area (Å²) in [6, 6.07) is 1.46. The van der Waals surface area contributed by atoms with Gasteiger partial charge in [-0.1, -0.05) is 19.4 Å². The minimum atomic E-state index is -4.63. The Morgan fingerprint density at radius 3 is 2.52 bits per heavy atom. The number of nitrogens with one attached hydrogen (secondary N) is 2. The lowest BCUT2D eigenvalue weighted by Gasteiger charge is -2.22. The predicted octanol–water partition coefficient (Wildman–Crippen LogP) is 4.22. The van der Waals surface area contributed by atoms with Gasteiger partial charge in [-0.15, -0.1) is 0 Å². The highest BCUT2D eigenvalue weighted by Gasteiger charge is 2.38. The zero-order valence-corrected chi connectivity index (χ0v) is 17.7. The van der Waals surface area contributed by atoms with E-state index in [1.165, 1.54) is 6.92 Å². The number of hydrogen-bond donors (Lipinski definition) is 2. The lowest BCUT2D eigenvalue weighted by Crippen LogP contribution is -2.43. The third-order valence-electron chi connectivity index (χ3n) is 5.24. The van der Waals surface area contributed by atoms with E-state index in [1.807, 2.05) is 13.0 Å². The average Bonchev–Trinajstić information content (AvgIpc) is 3.60. The number of hydrogen-bond acceptors (Lipinski definition) is 4. The van der Waals surface area contributed by atoms with Gasteiger partial charge in [0.25, 0.3) is 5.91 Å². The summed E-state index contributed by atoms with van der Waals surface area (Å²) in [4.78, 5) is 28.4. The molecule has 1 unspecified atom stereocenters. The summed E-state index contributed by atoms with van der Waals surface area (Å²) in [5.41, 5.74) is -0.533. The maximum absolute atomic E-state index is 13.3. The fraction of sp³-hybridized carbons (Fsp3) is 0.591. The molecule has 3 rings (SSSR count). The molecular weight excluding hydrogens is 411 g/mol. The standard InChI is InChI=1S/C22H28F3N3O3/c1-3-4-5-17(26-13(2)29)19(15-8-9-15)28-20(30)18-11-10-16(22(23,24)25)21(27-18)31-12-14-6-7-14/h5,10-11,14-15,19H,3-4,6-9,12H2,1-2H3,(H,26,29)(H,28,30)/b17-5+. The van der Waals surface area contributed by atoms with Gasteiger partial charge in [-0.05, 0) is 56.1 Å². The number of ether oxygens (including phenoxy) is 1. The third-order valence-corrected chi connectivity index (χ3v) is 5.24. The molecule has 0 aromatic carbocycles. The van der Waals surface area contributed by atoms with Crippen molar-refractivity contribution in [3.8, 4) is 5.88 Å². The third kappa shape index (κ3) is 6.70. The normalized spacial score (nSPS) is 17.8. The van der Waals surface area contributed by atoms with Crippen molar-refractivity contribution < 1.29 is 27.5 Å². The van der Waals surface area contributed by atoms with E-state index in [0.717, 1.165) is 50.7 Å². The smallest absolute Gasteiger partial charge is 0.421 e. The van der Waals surface area contributed by atoms with Crippen LogP contribution in [0.1, 0.15) is 68.4 Å². The number of halogens is 3. The predicted molar refractivity (Wildman–Crippen MR) is 108 cm³/mol. The lowest BCUT2D eigenvalue weighted by molar-refractivity contribution is -0.139. The van der Waals surface area contributed by atoms with Crippen LogP contribution in [0.15, 0.2) is 23.9 Å². The molecule has 1 atom stereocenters. The maximum Gasteiger partial charge on any atom is 0.421 e. The minimum Gasteiger partial charge on any atom is -0.477 e. The van der Waals surface area contributed by atoms with Crippen LogP contribution in [-0.4, -0.2) is 29.4 Å². The van der Waals surface area contributed by atoms with Crippen molar-refractivity contribution in [2.75, 3.05) is 6.61 Å². The number of pyridine rings is 1. The molecule has 170 valence electrons. The molecule has 2 aliphatic rings. The van der Waals surface area contributed by atoms with Gasteiger partial charge in [-0.2, -0.15) is 13.2 Å². The van der Waals surface area contributed by atoms with Crippen molar-refractivity contribution in [1.82, 2.24) is 15.6 Å². The first kappa shape index (κ1) is 23.1. The molecule has 31 heavy (non-hydrogen) atoms. The molecule has 0 saturated heterocycles. The molecular formula is C22H28F3N3O3. The minimum absolute atomic E-state index is 0.151. The van der Waals surface area contributed by atoms with Gasteiger partial charge in [0, 0.05) is 12.6 Å². The highest BCUT2D eigenvalue weighted by Crippen LogP contribution is 2.38. The van der Waals surface area contributed by atoms with Crippen LogP contribution >= 0.6 is 0 Å². The Kier molecular flexibility index (Phi) is 7.23. The second-order valence-electron chi connectivity index (χ2n) is 8.22. The largest absolute Gasteiger partial charge is 0.477 e. The van der Waals surface area contributed by atoms with E-state index < -0.39 is 29.6 Å². The van der Waals surface area contributed by atoms with Gasteiger partial charge in [0.05, 0.1) is 12.6 Å². The summed E-state index contributed by atoms with van der Waals surface area (Å²) in [5.74, 6) is -1.01. The van der Waals surface area contributed by atoms with Gasteiger partial charge >= 0.3 is 6.18 Å². The average molecular weight is 439 g/mol. The number of amides is 2. The zero-order chi connectivity index (χ0) is 22.6. The van der Waals surface area contributed by atoms with Gasteiger partial charge in [0.1, 0.15) is 11.3 Å². The SMILES string of the molecule is CCC/C=C(/NC(C)=O)C(NC(=O)c1ccc(C(F)(F)F)c(OCC2CC2)n1)C1CC1. The number of nitrogens with zero attached hydrogens (tertiary/aromatic N) is 1. The fourth-order valence-corrected chi connectivity index (χ4v) is 3.23. The first-order valence-electron chi connectivity index (χ1n) is 10.7. The maximum atomic E-state index is 13.3. The molecule has 0 bridgehead atoms. The molecule has 6 nitrogen and oxygen atoms in total. The Balaban J connectivity index is 1.81. The van der Waals surface area contributed by atoms with E-state index in [4.69, 9.17) is 4.74 Å². The highest BCUT2D eigenvalue weighted by atomic mass is 19.4. The van der Waals surface area contributed by atoms with E-state index >= 15 is 0 Å². The summed E-state index contributed by atoms with van der Waals surface area (Å²) in [6.07, 6.45) is 2.48. The van der Waals surface area contributed by atoms with Crippen molar-refractivity contribution in [3.05, 3.63) is 35.2 Å². The van der Waals surface area contributed by atoms with Crippen molar-refractivity contribution in [3.63, 3.8) is 0 Å². The first-order valence-corrected chi connectivity index (χ1v) is 10.7. The summed E-state index contributed by atoms with van der Waals surface area (Å²) in [5, 5.41) is 5.64. The van der Waals surface area contributed by atoms with Crippen LogP contribution in [0.25, 0.3) is 0 Å².